The molecule has 4 nitrogen and oxygen atoms in total. The molecule has 0 radical (unpaired) electrons. The highest BCUT2D eigenvalue weighted by Gasteiger charge is 2.25. The van der Waals surface area contributed by atoms with E-state index in [-0.39, 0.29) is 0 Å². The average Bonchev–Trinajstić information content (AvgIpc) is 3.47. The maximum atomic E-state index is 5.52. The number of thiophene rings is 1. The van der Waals surface area contributed by atoms with Gasteiger partial charge in [0.2, 0.25) is 5.04 Å². The molecule has 4 heterocycles. The summed E-state index contributed by atoms with van der Waals surface area (Å²) in [7, 11) is 0. The number of allylic oxidation sites excluding steroid dienone is 1. The monoisotopic (exact) mass is 425 g/mol. The van der Waals surface area contributed by atoms with Gasteiger partial charge in [-0.1, -0.05) is 30.3 Å². The van der Waals surface area contributed by atoms with Crippen LogP contribution in [0.1, 0.15) is 10.4 Å². The second kappa shape index (κ2) is 8.88. The molecule has 0 atom stereocenters. The maximum Gasteiger partial charge on any atom is 0.239 e. The first-order chi connectivity index (χ1) is 14.4. The van der Waals surface area contributed by atoms with Gasteiger partial charge in [0.25, 0.3) is 0 Å². The standard InChI is InChI=1S/C23H25N2O2S2/c1-2-4-18(5-3-1)23(19-6-8-21(28-19)24-10-14-26-15-11-24)20-7-9-22(29-20)25-12-16-27-17-13-25/h1-9H,10-17H2/q+1. The van der Waals surface area contributed by atoms with Crippen LogP contribution in [0, 0.1) is 0 Å². The number of ether oxygens (including phenoxy) is 2. The van der Waals surface area contributed by atoms with Crippen LogP contribution in [0.25, 0.3) is 5.57 Å². The van der Waals surface area contributed by atoms with Crippen molar-refractivity contribution < 1.29 is 14.0 Å². The first kappa shape index (κ1) is 19.1. The summed E-state index contributed by atoms with van der Waals surface area (Å²) in [6.45, 7) is 7.16. The summed E-state index contributed by atoms with van der Waals surface area (Å²) in [5, 5.41) is 2.67. The second-order valence-electron chi connectivity index (χ2n) is 7.22. The minimum atomic E-state index is 0.816. The lowest BCUT2D eigenvalue weighted by atomic mass is 10.0. The summed E-state index contributed by atoms with van der Waals surface area (Å²) in [6.07, 6.45) is 4.55. The van der Waals surface area contributed by atoms with E-state index in [1.165, 1.54) is 31.0 Å². The Morgan fingerprint density at radius 1 is 0.862 bits per heavy atom. The summed E-state index contributed by atoms with van der Waals surface area (Å²) in [4.78, 5) is 5.09. The third-order valence-electron chi connectivity index (χ3n) is 5.38. The summed E-state index contributed by atoms with van der Waals surface area (Å²) >= 11 is 3.78. The quantitative estimate of drug-likeness (QED) is 0.692. The molecule has 0 spiro atoms. The van der Waals surface area contributed by atoms with E-state index in [2.05, 4.69) is 64.1 Å². The van der Waals surface area contributed by atoms with Crippen LogP contribution in [-0.4, -0.2) is 62.2 Å². The second-order valence-corrected chi connectivity index (χ2v) is 9.34. The molecule has 29 heavy (non-hydrogen) atoms. The Bertz CT molecular complexity index is 948. The number of rotatable bonds is 3. The Morgan fingerprint density at radius 3 is 2.41 bits per heavy atom. The van der Waals surface area contributed by atoms with Crippen LogP contribution >= 0.6 is 23.1 Å². The zero-order valence-corrected chi connectivity index (χ0v) is 18.0. The van der Waals surface area contributed by atoms with Crippen LogP contribution in [0.2, 0.25) is 0 Å². The van der Waals surface area contributed by atoms with Crippen molar-refractivity contribution in [3.8, 4) is 0 Å². The van der Waals surface area contributed by atoms with E-state index in [0.717, 1.165) is 52.6 Å². The Balaban J connectivity index is 1.51. The van der Waals surface area contributed by atoms with Crippen molar-refractivity contribution in [2.24, 2.45) is 0 Å². The molecule has 0 aliphatic carbocycles. The van der Waals surface area contributed by atoms with Crippen molar-refractivity contribution in [1.29, 1.82) is 0 Å². The number of hydrogen-bond donors (Lipinski definition) is 0. The topological polar surface area (TPSA) is 24.7 Å². The SMILES string of the molecule is C1=C/C(=C(/c2ccccc2)c2ccc(N3CCOCC3)s2)SC1=[N+]1CCOCC1. The highest BCUT2D eigenvalue weighted by molar-refractivity contribution is 8.18. The molecule has 6 heteroatoms. The van der Waals surface area contributed by atoms with Gasteiger partial charge < -0.3 is 14.4 Å². The predicted molar refractivity (Wildman–Crippen MR) is 122 cm³/mol. The summed E-state index contributed by atoms with van der Waals surface area (Å²) in [6, 6.07) is 15.3. The highest BCUT2D eigenvalue weighted by Crippen LogP contribution is 2.41. The van der Waals surface area contributed by atoms with Crippen molar-refractivity contribution in [2.45, 2.75) is 0 Å². The molecule has 3 aliphatic heterocycles. The molecule has 150 valence electrons. The minimum Gasteiger partial charge on any atom is -0.378 e. The van der Waals surface area contributed by atoms with Gasteiger partial charge in [-0.15, -0.1) is 11.3 Å². The van der Waals surface area contributed by atoms with Crippen LogP contribution in [0.4, 0.5) is 5.00 Å². The maximum absolute atomic E-state index is 5.52. The van der Waals surface area contributed by atoms with Crippen molar-refractivity contribution in [3.63, 3.8) is 0 Å². The average molecular weight is 426 g/mol. The highest BCUT2D eigenvalue weighted by atomic mass is 32.2. The van der Waals surface area contributed by atoms with Crippen molar-refractivity contribution >= 4 is 38.7 Å². The number of thioether (sulfide) groups is 1. The number of benzene rings is 1. The molecule has 1 aromatic heterocycles. The fourth-order valence-electron chi connectivity index (χ4n) is 3.84. The minimum absolute atomic E-state index is 0.816. The fourth-order valence-corrected chi connectivity index (χ4v) is 6.18. The molecule has 1 aromatic carbocycles. The van der Waals surface area contributed by atoms with Crippen LogP contribution in [-0.2, 0) is 9.47 Å². The fraction of sp³-hybridized carbons (Fsp3) is 0.348. The molecule has 0 saturated carbocycles. The Morgan fingerprint density at radius 2 is 1.62 bits per heavy atom. The largest absolute Gasteiger partial charge is 0.378 e. The lowest BCUT2D eigenvalue weighted by molar-refractivity contribution is -0.546. The molecule has 2 fully saturated rings. The van der Waals surface area contributed by atoms with E-state index in [4.69, 9.17) is 9.47 Å². The van der Waals surface area contributed by atoms with Crippen LogP contribution in [0.3, 0.4) is 0 Å². The molecular formula is C23H25N2O2S2+. The molecule has 2 aromatic rings. The van der Waals surface area contributed by atoms with E-state index < -0.39 is 0 Å². The smallest absolute Gasteiger partial charge is 0.239 e. The normalized spacial score (nSPS) is 21.7. The summed E-state index contributed by atoms with van der Waals surface area (Å²) < 4.78 is 13.5. The van der Waals surface area contributed by atoms with Gasteiger partial charge in [0.15, 0.2) is 13.1 Å². The molecular weight excluding hydrogens is 400 g/mol. The lowest BCUT2D eigenvalue weighted by Gasteiger charge is -2.27. The third-order valence-corrected chi connectivity index (χ3v) is 7.71. The van der Waals surface area contributed by atoms with Gasteiger partial charge >= 0.3 is 0 Å². The molecule has 0 amide bonds. The van der Waals surface area contributed by atoms with E-state index in [9.17, 15) is 0 Å². The van der Waals surface area contributed by atoms with E-state index in [1.54, 1.807) is 0 Å². The van der Waals surface area contributed by atoms with Gasteiger partial charge in [0, 0.05) is 34.5 Å². The molecule has 5 rings (SSSR count). The van der Waals surface area contributed by atoms with Crippen molar-refractivity contribution in [1.82, 2.24) is 0 Å². The number of nitrogens with zero attached hydrogens (tertiary/aromatic N) is 2. The number of hydrogen-bond acceptors (Lipinski definition) is 5. The zero-order valence-electron chi connectivity index (χ0n) is 16.4. The van der Waals surface area contributed by atoms with Gasteiger partial charge in [-0.25, -0.2) is 4.58 Å². The van der Waals surface area contributed by atoms with Gasteiger partial charge in [0.05, 0.1) is 18.2 Å². The predicted octanol–water partition coefficient (Wildman–Crippen LogP) is 4.09. The van der Waals surface area contributed by atoms with E-state index >= 15 is 0 Å². The molecule has 0 N–H and O–H groups in total. The Labute approximate surface area is 180 Å². The molecule has 0 bridgehead atoms. The van der Waals surface area contributed by atoms with Gasteiger partial charge in [-0.05, 0) is 35.5 Å². The van der Waals surface area contributed by atoms with Gasteiger partial charge in [-0.3, -0.25) is 0 Å². The first-order valence-electron chi connectivity index (χ1n) is 10.2. The van der Waals surface area contributed by atoms with E-state index in [0.29, 0.717) is 0 Å². The Hall–Kier alpha value is -1.86. The lowest BCUT2D eigenvalue weighted by Crippen LogP contribution is -2.35. The van der Waals surface area contributed by atoms with Crippen molar-refractivity contribution in [3.05, 3.63) is 70.0 Å². The van der Waals surface area contributed by atoms with Crippen molar-refractivity contribution in [2.75, 3.05) is 57.5 Å². The van der Waals surface area contributed by atoms with Gasteiger partial charge in [0.1, 0.15) is 13.2 Å². The van der Waals surface area contributed by atoms with Crippen LogP contribution < -0.4 is 4.90 Å². The third kappa shape index (κ3) is 4.21. The first-order valence-corrected chi connectivity index (χ1v) is 11.8. The number of anilines is 1. The zero-order chi connectivity index (χ0) is 19.5. The Kier molecular flexibility index (Phi) is 5.85. The summed E-state index contributed by atoms with van der Waals surface area (Å²) in [5.41, 5.74) is 2.61. The molecule has 2 saturated heterocycles. The van der Waals surface area contributed by atoms with E-state index in [1.807, 2.05) is 23.1 Å². The van der Waals surface area contributed by atoms with Gasteiger partial charge in [-0.2, -0.15) is 0 Å². The molecule has 0 unspecified atom stereocenters. The van der Waals surface area contributed by atoms with Crippen LogP contribution in [0.5, 0.6) is 0 Å². The summed E-state index contributed by atoms with van der Waals surface area (Å²) in [5.74, 6) is 0. The molecule has 3 aliphatic rings. The van der Waals surface area contributed by atoms with Crippen LogP contribution in [0.15, 0.2) is 59.5 Å². The number of morpholine rings is 2.